The normalized spacial score (nSPS) is 10.6. The van der Waals surface area contributed by atoms with Crippen LogP contribution in [-0.4, -0.2) is 22.5 Å². The number of methoxy groups -OCH3 is 1. The lowest BCUT2D eigenvalue weighted by Gasteiger charge is -2.10. The van der Waals surface area contributed by atoms with Crippen molar-refractivity contribution in [3.05, 3.63) is 78.5 Å². The molecule has 28 heavy (non-hydrogen) atoms. The van der Waals surface area contributed by atoms with Gasteiger partial charge in [-0.15, -0.1) is 0 Å². The van der Waals surface area contributed by atoms with Crippen molar-refractivity contribution in [2.75, 3.05) is 17.7 Å². The summed E-state index contributed by atoms with van der Waals surface area (Å²) in [5.41, 5.74) is 4.23. The lowest BCUT2D eigenvalue weighted by Crippen LogP contribution is -2.20. The van der Waals surface area contributed by atoms with Crippen LogP contribution in [0.4, 0.5) is 16.3 Å². The predicted molar refractivity (Wildman–Crippen MR) is 111 cm³/mol. The lowest BCUT2D eigenvalue weighted by atomic mass is 10.1. The number of imidazole rings is 1. The molecule has 0 aliphatic heterocycles. The highest BCUT2D eigenvalue weighted by Gasteiger charge is 2.16. The molecule has 2 heterocycles. The first kappa shape index (κ1) is 17.6. The molecule has 6 nitrogen and oxygen atoms in total. The number of amides is 2. The maximum atomic E-state index is 12.6. The Morgan fingerprint density at radius 1 is 1.00 bits per heavy atom. The van der Waals surface area contributed by atoms with E-state index in [0.717, 1.165) is 28.2 Å². The van der Waals surface area contributed by atoms with E-state index in [2.05, 4.69) is 10.6 Å². The van der Waals surface area contributed by atoms with Gasteiger partial charge in [-0.3, -0.25) is 9.72 Å². The van der Waals surface area contributed by atoms with Crippen molar-refractivity contribution in [3.8, 4) is 17.0 Å². The number of pyridine rings is 1. The summed E-state index contributed by atoms with van der Waals surface area (Å²) >= 11 is 0. The van der Waals surface area contributed by atoms with Crippen LogP contribution in [0.25, 0.3) is 16.9 Å². The van der Waals surface area contributed by atoms with E-state index in [0.29, 0.717) is 11.5 Å². The second kappa shape index (κ2) is 7.44. The molecule has 6 heteroatoms. The van der Waals surface area contributed by atoms with Gasteiger partial charge in [-0.05, 0) is 49.4 Å². The average Bonchev–Trinajstić information content (AvgIpc) is 3.07. The third-order valence-electron chi connectivity index (χ3n) is 4.40. The van der Waals surface area contributed by atoms with Gasteiger partial charge < -0.3 is 10.1 Å². The smallest absolute Gasteiger partial charge is 0.324 e. The molecular weight excluding hydrogens is 352 g/mol. The van der Waals surface area contributed by atoms with Gasteiger partial charge in [0.15, 0.2) is 0 Å². The zero-order valence-corrected chi connectivity index (χ0v) is 15.6. The summed E-state index contributed by atoms with van der Waals surface area (Å²) < 4.78 is 7.01. The first-order chi connectivity index (χ1) is 13.6. The number of fused-ring (bicyclic) bond motifs is 1. The topological polar surface area (TPSA) is 67.7 Å². The Morgan fingerprint density at radius 3 is 2.57 bits per heavy atom. The van der Waals surface area contributed by atoms with Crippen molar-refractivity contribution < 1.29 is 9.53 Å². The summed E-state index contributed by atoms with van der Waals surface area (Å²) in [6.45, 7) is 2.03. The Labute approximate surface area is 162 Å². The van der Waals surface area contributed by atoms with Crippen molar-refractivity contribution in [2.45, 2.75) is 6.92 Å². The fraction of sp³-hybridized carbons (Fsp3) is 0.0909. The van der Waals surface area contributed by atoms with Crippen molar-refractivity contribution in [2.24, 2.45) is 0 Å². The van der Waals surface area contributed by atoms with Gasteiger partial charge in [0.2, 0.25) is 0 Å². The van der Waals surface area contributed by atoms with Gasteiger partial charge in [0.1, 0.15) is 22.9 Å². The Balaban J connectivity index is 1.66. The van der Waals surface area contributed by atoms with Crippen LogP contribution in [0, 0.1) is 6.92 Å². The molecule has 0 atom stereocenters. The molecule has 4 aromatic rings. The summed E-state index contributed by atoms with van der Waals surface area (Å²) in [4.78, 5) is 17.3. The number of carbonyl (C=O) groups is 1. The number of aryl methyl sites for hydroxylation is 1. The molecule has 2 aromatic carbocycles. The number of benzene rings is 2. The summed E-state index contributed by atoms with van der Waals surface area (Å²) in [6, 6.07) is 20.6. The lowest BCUT2D eigenvalue weighted by molar-refractivity contribution is 0.262. The SMILES string of the molecule is COc1ccc(NC(=O)Nc2c(-c3cccc(C)c3)nc3ccccn23)cc1. The Morgan fingerprint density at radius 2 is 1.82 bits per heavy atom. The molecule has 0 saturated heterocycles. The summed E-state index contributed by atoms with van der Waals surface area (Å²) in [6.07, 6.45) is 1.88. The monoisotopic (exact) mass is 372 g/mol. The van der Waals surface area contributed by atoms with Crippen molar-refractivity contribution in [1.29, 1.82) is 0 Å². The fourth-order valence-corrected chi connectivity index (χ4v) is 3.05. The van der Waals surface area contributed by atoms with Crippen LogP contribution in [-0.2, 0) is 0 Å². The molecular formula is C22H20N4O2. The Hall–Kier alpha value is -3.80. The van der Waals surface area contributed by atoms with E-state index >= 15 is 0 Å². The molecule has 0 bridgehead atoms. The van der Waals surface area contributed by atoms with Gasteiger partial charge >= 0.3 is 6.03 Å². The van der Waals surface area contributed by atoms with E-state index in [1.54, 1.807) is 31.4 Å². The number of urea groups is 1. The average molecular weight is 372 g/mol. The molecule has 140 valence electrons. The predicted octanol–water partition coefficient (Wildman–Crippen LogP) is 4.96. The minimum absolute atomic E-state index is 0.343. The quantitative estimate of drug-likeness (QED) is 0.532. The molecule has 2 N–H and O–H groups in total. The molecule has 2 amide bonds. The van der Waals surface area contributed by atoms with E-state index < -0.39 is 0 Å². The van der Waals surface area contributed by atoms with E-state index in [4.69, 9.17) is 9.72 Å². The van der Waals surface area contributed by atoms with E-state index in [-0.39, 0.29) is 6.03 Å². The zero-order valence-electron chi connectivity index (χ0n) is 15.6. The number of ether oxygens (including phenoxy) is 1. The number of anilines is 2. The largest absolute Gasteiger partial charge is 0.497 e. The number of hydrogen-bond acceptors (Lipinski definition) is 3. The minimum atomic E-state index is -0.343. The van der Waals surface area contributed by atoms with Gasteiger partial charge in [-0.25, -0.2) is 9.78 Å². The highest BCUT2D eigenvalue weighted by atomic mass is 16.5. The zero-order chi connectivity index (χ0) is 19.5. The summed E-state index contributed by atoms with van der Waals surface area (Å²) in [7, 11) is 1.60. The van der Waals surface area contributed by atoms with Crippen LogP contribution in [0.3, 0.4) is 0 Å². The molecule has 0 spiro atoms. The molecule has 4 rings (SSSR count). The Bertz CT molecular complexity index is 1130. The molecule has 0 radical (unpaired) electrons. The van der Waals surface area contributed by atoms with Gasteiger partial charge in [0.05, 0.1) is 7.11 Å². The Kier molecular flexibility index (Phi) is 4.68. The first-order valence-corrected chi connectivity index (χ1v) is 8.90. The van der Waals surface area contributed by atoms with Crippen LogP contribution in [0.5, 0.6) is 5.75 Å². The third kappa shape index (κ3) is 3.53. The van der Waals surface area contributed by atoms with E-state index in [1.165, 1.54) is 0 Å². The minimum Gasteiger partial charge on any atom is -0.497 e. The van der Waals surface area contributed by atoms with Gasteiger partial charge in [-0.2, -0.15) is 0 Å². The van der Waals surface area contributed by atoms with E-state index in [1.807, 2.05) is 60.0 Å². The summed E-state index contributed by atoms with van der Waals surface area (Å²) in [5.74, 6) is 1.35. The van der Waals surface area contributed by atoms with Crippen molar-refractivity contribution in [3.63, 3.8) is 0 Å². The first-order valence-electron chi connectivity index (χ1n) is 8.90. The number of hydrogen-bond donors (Lipinski definition) is 2. The highest BCUT2D eigenvalue weighted by Crippen LogP contribution is 2.29. The van der Waals surface area contributed by atoms with Crippen molar-refractivity contribution in [1.82, 2.24) is 9.38 Å². The number of rotatable bonds is 4. The standard InChI is InChI=1S/C22H20N4O2/c1-15-6-5-7-16(14-15)20-21(26-13-4-3-8-19(26)24-20)25-22(27)23-17-9-11-18(28-2)12-10-17/h3-14H,1-2H3,(H2,23,25,27). The molecule has 0 aliphatic rings. The van der Waals surface area contributed by atoms with Crippen LogP contribution in [0.15, 0.2) is 72.9 Å². The fourth-order valence-electron chi connectivity index (χ4n) is 3.05. The molecule has 0 fully saturated rings. The van der Waals surface area contributed by atoms with Crippen LogP contribution in [0.1, 0.15) is 5.56 Å². The second-order valence-corrected chi connectivity index (χ2v) is 6.41. The van der Waals surface area contributed by atoms with Gasteiger partial charge in [-0.1, -0.05) is 29.8 Å². The molecule has 0 aliphatic carbocycles. The number of nitrogens with one attached hydrogen (secondary N) is 2. The number of aromatic nitrogens is 2. The molecule has 2 aromatic heterocycles. The number of nitrogens with zero attached hydrogens (tertiary/aromatic N) is 2. The third-order valence-corrected chi connectivity index (χ3v) is 4.40. The second-order valence-electron chi connectivity index (χ2n) is 6.41. The van der Waals surface area contributed by atoms with Crippen LogP contribution >= 0.6 is 0 Å². The van der Waals surface area contributed by atoms with Crippen LogP contribution in [0.2, 0.25) is 0 Å². The maximum absolute atomic E-state index is 12.6. The molecule has 0 unspecified atom stereocenters. The van der Waals surface area contributed by atoms with Crippen molar-refractivity contribution >= 4 is 23.2 Å². The van der Waals surface area contributed by atoms with Gasteiger partial charge in [0, 0.05) is 17.4 Å². The maximum Gasteiger partial charge on any atom is 0.324 e. The molecule has 0 saturated carbocycles. The van der Waals surface area contributed by atoms with Crippen LogP contribution < -0.4 is 15.4 Å². The highest BCUT2D eigenvalue weighted by molar-refractivity contribution is 6.01. The van der Waals surface area contributed by atoms with E-state index in [9.17, 15) is 4.79 Å². The number of carbonyl (C=O) groups excluding carboxylic acids is 1. The van der Waals surface area contributed by atoms with Gasteiger partial charge in [0.25, 0.3) is 0 Å². The summed E-state index contributed by atoms with van der Waals surface area (Å²) in [5, 5.41) is 5.79.